The number of nitrogens with zero attached hydrogens (tertiary/aromatic N) is 5. The summed E-state index contributed by atoms with van der Waals surface area (Å²) < 4.78 is 11.4. The van der Waals surface area contributed by atoms with Gasteiger partial charge in [0.05, 0.1) is 18.2 Å². The molecule has 1 saturated heterocycles. The van der Waals surface area contributed by atoms with Crippen molar-refractivity contribution in [3.63, 3.8) is 0 Å². The fourth-order valence-electron chi connectivity index (χ4n) is 6.24. The Hall–Kier alpha value is -3.93. The van der Waals surface area contributed by atoms with Gasteiger partial charge in [-0.3, -0.25) is 9.59 Å². The first-order valence-corrected chi connectivity index (χ1v) is 13.1. The highest BCUT2D eigenvalue weighted by Gasteiger charge is 2.55. The number of hydrogen-bond acceptors (Lipinski definition) is 7. The van der Waals surface area contributed by atoms with Gasteiger partial charge in [-0.2, -0.15) is 10.2 Å². The largest absolute Gasteiger partial charge is 0.490 e. The molecule has 3 atom stereocenters. The van der Waals surface area contributed by atoms with E-state index in [4.69, 9.17) is 14.2 Å². The van der Waals surface area contributed by atoms with Gasteiger partial charge in [-0.05, 0) is 56.7 Å². The van der Waals surface area contributed by atoms with Crippen molar-refractivity contribution < 1.29 is 18.8 Å². The van der Waals surface area contributed by atoms with E-state index in [-0.39, 0.29) is 41.7 Å². The third-order valence-corrected chi connectivity index (χ3v) is 7.93. The number of benzene rings is 1. The quantitative estimate of drug-likeness (QED) is 0.570. The van der Waals surface area contributed by atoms with Crippen LogP contribution in [0, 0.1) is 28.6 Å². The van der Waals surface area contributed by atoms with Crippen LogP contribution in [0.25, 0.3) is 17.0 Å². The molecular weight excluding hydrogens is 482 g/mol. The number of rotatable bonds is 6. The van der Waals surface area contributed by atoms with Gasteiger partial charge in [0, 0.05) is 43.6 Å². The third kappa shape index (κ3) is 4.49. The summed E-state index contributed by atoms with van der Waals surface area (Å²) in [5.41, 5.74) is 3.05. The van der Waals surface area contributed by atoms with Crippen LogP contribution in [-0.2, 0) is 9.59 Å². The second-order valence-corrected chi connectivity index (χ2v) is 11.1. The van der Waals surface area contributed by atoms with Crippen molar-refractivity contribution in [2.24, 2.45) is 17.3 Å². The van der Waals surface area contributed by atoms with E-state index in [1.54, 1.807) is 31.1 Å². The number of ether oxygens (including phenoxy) is 1. The van der Waals surface area contributed by atoms with Crippen molar-refractivity contribution >= 4 is 17.4 Å². The van der Waals surface area contributed by atoms with E-state index in [2.05, 4.69) is 30.3 Å². The second kappa shape index (κ2) is 9.75. The Bertz CT molecular complexity index is 1380. The zero-order valence-electron chi connectivity index (χ0n) is 22.5. The summed E-state index contributed by atoms with van der Waals surface area (Å²) in [6, 6.07) is 7.45. The van der Waals surface area contributed by atoms with Gasteiger partial charge < -0.3 is 19.1 Å². The zero-order valence-corrected chi connectivity index (χ0v) is 22.5. The number of amides is 2. The lowest BCUT2D eigenvalue weighted by atomic mass is 9.68. The van der Waals surface area contributed by atoms with Crippen molar-refractivity contribution in [1.29, 1.82) is 5.26 Å². The van der Waals surface area contributed by atoms with Crippen LogP contribution in [0.3, 0.4) is 0 Å². The summed E-state index contributed by atoms with van der Waals surface area (Å²) in [5, 5.41) is 13.9. The van der Waals surface area contributed by atoms with Crippen LogP contribution in [0.1, 0.15) is 51.4 Å². The maximum Gasteiger partial charge on any atom is 0.258 e. The molecule has 9 nitrogen and oxygen atoms in total. The van der Waals surface area contributed by atoms with Crippen LogP contribution in [0.2, 0.25) is 0 Å². The lowest BCUT2D eigenvalue weighted by Gasteiger charge is -2.36. The van der Waals surface area contributed by atoms with Crippen LogP contribution in [-0.4, -0.2) is 65.0 Å². The lowest BCUT2D eigenvalue weighted by Crippen LogP contribution is -2.39. The van der Waals surface area contributed by atoms with E-state index in [0.29, 0.717) is 41.6 Å². The molecule has 38 heavy (non-hydrogen) atoms. The maximum atomic E-state index is 13.0. The number of carbonyl (C=O) groups is 2. The number of aromatic nitrogens is 2. The van der Waals surface area contributed by atoms with E-state index in [0.717, 1.165) is 18.4 Å². The van der Waals surface area contributed by atoms with Crippen LogP contribution < -0.4 is 4.74 Å². The van der Waals surface area contributed by atoms with Crippen LogP contribution >= 0.6 is 0 Å². The molecule has 2 heterocycles. The lowest BCUT2D eigenvalue weighted by molar-refractivity contribution is -0.136. The van der Waals surface area contributed by atoms with Crippen LogP contribution in [0.5, 0.6) is 5.75 Å². The topological polar surface area (TPSA) is 113 Å². The molecule has 0 N–H and O–H groups in total. The number of fused-ring (bicyclic) bond motifs is 2. The van der Waals surface area contributed by atoms with E-state index in [1.165, 1.54) is 10.5 Å². The molecule has 198 valence electrons. The van der Waals surface area contributed by atoms with E-state index in [1.807, 2.05) is 19.9 Å². The summed E-state index contributed by atoms with van der Waals surface area (Å²) in [7, 11) is 3.42. The van der Waals surface area contributed by atoms with Crippen molar-refractivity contribution in [3.05, 3.63) is 47.3 Å². The van der Waals surface area contributed by atoms with Gasteiger partial charge in [-0.1, -0.05) is 29.8 Å². The highest BCUT2D eigenvalue weighted by Crippen LogP contribution is 2.58. The molecule has 1 aromatic carbocycles. The molecule has 2 fully saturated rings. The highest BCUT2D eigenvalue weighted by molar-refractivity contribution is 5.87. The first-order chi connectivity index (χ1) is 18.1. The molecule has 5 rings (SSSR count). The SMILES string of the molecule is CC(C)Oc1ccc(-c2nc(C3=C4CC[C@@]5(CC(=O)N(CC(=O)N(C)C)C5)C4C(C)C=C3)no2)cc1C#N. The fraction of sp³-hybridized carbons (Fsp3) is 0.483. The number of likely N-dealkylation sites (N-methyl/N-ethyl adjacent to an activating group) is 1. The van der Waals surface area contributed by atoms with Gasteiger partial charge in [-0.25, -0.2) is 0 Å². The number of nitriles is 1. The molecular formula is C29H33N5O4. The fourth-order valence-corrected chi connectivity index (χ4v) is 6.24. The van der Waals surface area contributed by atoms with Gasteiger partial charge in [0.2, 0.25) is 17.6 Å². The maximum absolute atomic E-state index is 13.0. The van der Waals surface area contributed by atoms with E-state index in [9.17, 15) is 14.9 Å². The molecule has 0 radical (unpaired) electrons. The van der Waals surface area contributed by atoms with E-state index >= 15 is 0 Å². The second-order valence-electron chi connectivity index (χ2n) is 11.1. The van der Waals surface area contributed by atoms with Crippen molar-refractivity contribution in [2.75, 3.05) is 27.2 Å². The third-order valence-electron chi connectivity index (χ3n) is 7.93. The Kier molecular flexibility index (Phi) is 6.59. The summed E-state index contributed by atoms with van der Waals surface area (Å²) in [6.45, 7) is 6.72. The summed E-state index contributed by atoms with van der Waals surface area (Å²) >= 11 is 0. The standard InChI is InChI=1S/C29H33N5O4/c1-17(2)37-23-9-7-19(12-20(23)14-30)28-31-27(32-38-28)22-8-6-18(3)26-21(22)10-11-29(26)13-24(35)34(16-29)15-25(36)33(4)5/h6-9,12,17-18,26H,10-11,13,15-16H2,1-5H3/t18?,26?,29-/m0/s1. The predicted molar refractivity (Wildman–Crippen MR) is 140 cm³/mol. The molecule has 2 aliphatic carbocycles. The summed E-state index contributed by atoms with van der Waals surface area (Å²) in [4.78, 5) is 33.2. The molecule has 3 aliphatic rings. The Labute approximate surface area is 222 Å². The normalized spacial score (nSPS) is 24.3. The minimum absolute atomic E-state index is 0.0461. The molecule has 1 aromatic heterocycles. The van der Waals surface area contributed by atoms with Gasteiger partial charge in [0.25, 0.3) is 5.89 Å². The molecule has 2 aromatic rings. The molecule has 9 heteroatoms. The first-order valence-electron chi connectivity index (χ1n) is 13.1. The van der Waals surface area contributed by atoms with Crippen LogP contribution in [0.15, 0.2) is 40.4 Å². The minimum atomic E-state index is -0.199. The molecule has 1 saturated carbocycles. The molecule has 2 unspecified atom stereocenters. The zero-order chi connectivity index (χ0) is 27.2. The molecule has 2 amide bonds. The Morgan fingerprint density at radius 1 is 1.37 bits per heavy atom. The molecule has 1 spiro atoms. The Morgan fingerprint density at radius 2 is 2.16 bits per heavy atom. The number of hydrogen-bond donors (Lipinski definition) is 0. The van der Waals surface area contributed by atoms with Gasteiger partial charge in [0.1, 0.15) is 11.8 Å². The molecule has 1 aliphatic heterocycles. The monoisotopic (exact) mass is 515 g/mol. The Balaban J connectivity index is 1.43. The number of allylic oxidation sites excluding steroid dienone is 4. The van der Waals surface area contributed by atoms with Gasteiger partial charge in [-0.15, -0.1) is 0 Å². The van der Waals surface area contributed by atoms with Crippen LogP contribution in [0.4, 0.5) is 0 Å². The number of likely N-dealkylation sites (tertiary alicyclic amines) is 1. The van der Waals surface area contributed by atoms with Crippen molar-refractivity contribution in [1.82, 2.24) is 19.9 Å². The minimum Gasteiger partial charge on any atom is -0.490 e. The Morgan fingerprint density at radius 3 is 2.87 bits per heavy atom. The average Bonchev–Trinajstić information content (AvgIpc) is 3.58. The van der Waals surface area contributed by atoms with E-state index < -0.39 is 0 Å². The average molecular weight is 516 g/mol. The van der Waals surface area contributed by atoms with Gasteiger partial charge >= 0.3 is 0 Å². The number of carbonyl (C=O) groups excluding carboxylic acids is 2. The van der Waals surface area contributed by atoms with Crippen molar-refractivity contribution in [3.8, 4) is 23.3 Å². The highest BCUT2D eigenvalue weighted by atomic mass is 16.5. The molecule has 0 bridgehead atoms. The van der Waals surface area contributed by atoms with Gasteiger partial charge in [0.15, 0.2) is 0 Å². The first kappa shape index (κ1) is 25.7. The smallest absolute Gasteiger partial charge is 0.258 e. The summed E-state index contributed by atoms with van der Waals surface area (Å²) in [6.07, 6.45) is 6.36. The predicted octanol–water partition coefficient (Wildman–Crippen LogP) is 4.07. The summed E-state index contributed by atoms with van der Waals surface area (Å²) in [5.74, 6) is 1.77. The van der Waals surface area contributed by atoms with Crippen molar-refractivity contribution in [2.45, 2.75) is 46.1 Å².